The molecule has 0 aromatic heterocycles. The van der Waals surface area contributed by atoms with Crippen LogP contribution in [0.15, 0.2) is 48.5 Å². The molecule has 0 bridgehead atoms. The molecule has 0 aliphatic heterocycles. The van der Waals surface area contributed by atoms with Gasteiger partial charge in [-0.25, -0.2) is 4.79 Å². The van der Waals surface area contributed by atoms with Crippen molar-refractivity contribution in [3.05, 3.63) is 54.1 Å². The number of carbonyl (C=O) groups excluding carboxylic acids is 2. The first-order valence-corrected chi connectivity index (χ1v) is 8.52. The fourth-order valence-corrected chi connectivity index (χ4v) is 2.30. The number of amides is 1. The first-order valence-electron chi connectivity index (χ1n) is 8.52. The lowest BCUT2D eigenvalue weighted by Crippen LogP contribution is -2.24. The Morgan fingerprint density at radius 2 is 1.58 bits per heavy atom. The Morgan fingerprint density at radius 1 is 0.885 bits per heavy atom. The third-order valence-electron chi connectivity index (χ3n) is 3.52. The summed E-state index contributed by atoms with van der Waals surface area (Å²) in [5.41, 5.74) is 1.54. The minimum Gasteiger partial charge on any atom is -0.492 e. The van der Waals surface area contributed by atoms with Crippen LogP contribution in [0.2, 0.25) is 0 Å². The molecule has 0 saturated carbocycles. The molecular weight excluding hydrogens is 334 g/mol. The molecule has 0 unspecified atom stereocenters. The highest BCUT2D eigenvalue weighted by molar-refractivity contribution is 5.94. The molecule has 0 atom stereocenters. The molecule has 1 amide bonds. The van der Waals surface area contributed by atoms with Crippen LogP contribution in [0.1, 0.15) is 19.4 Å². The first-order chi connectivity index (χ1) is 12.6. The van der Waals surface area contributed by atoms with Gasteiger partial charge < -0.3 is 19.5 Å². The van der Waals surface area contributed by atoms with Crippen LogP contribution in [0, 0.1) is 0 Å². The summed E-state index contributed by atoms with van der Waals surface area (Å²) < 4.78 is 15.8. The Bertz CT molecular complexity index is 744. The van der Waals surface area contributed by atoms with Crippen LogP contribution in [0.5, 0.6) is 11.5 Å². The van der Waals surface area contributed by atoms with Crippen molar-refractivity contribution in [3.8, 4) is 11.5 Å². The molecule has 0 saturated heterocycles. The number of ether oxygens (including phenoxy) is 3. The number of hydrogen-bond acceptors (Lipinski definition) is 5. The maximum absolute atomic E-state index is 12.0. The van der Waals surface area contributed by atoms with Crippen molar-refractivity contribution in [1.29, 1.82) is 0 Å². The lowest BCUT2D eigenvalue weighted by atomic mass is 10.1. The molecule has 0 fully saturated rings. The van der Waals surface area contributed by atoms with Crippen LogP contribution >= 0.6 is 0 Å². The summed E-state index contributed by atoms with van der Waals surface area (Å²) in [5, 5.41) is 2.66. The zero-order chi connectivity index (χ0) is 18.8. The molecule has 2 aromatic carbocycles. The number of benzene rings is 2. The van der Waals surface area contributed by atoms with Gasteiger partial charge in [-0.15, -0.1) is 0 Å². The van der Waals surface area contributed by atoms with E-state index in [-0.39, 0.29) is 6.61 Å². The first kappa shape index (κ1) is 19.3. The third kappa shape index (κ3) is 5.81. The Balaban J connectivity index is 1.79. The molecule has 6 heteroatoms. The summed E-state index contributed by atoms with van der Waals surface area (Å²) in [7, 11) is 0. The van der Waals surface area contributed by atoms with Gasteiger partial charge in [-0.1, -0.05) is 37.3 Å². The van der Waals surface area contributed by atoms with E-state index in [0.29, 0.717) is 23.8 Å². The van der Waals surface area contributed by atoms with Gasteiger partial charge in [-0.3, -0.25) is 4.79 Å². The molecular formula is C20H23NO5. The van der Waals surface area contributed by atoms with E-state index >= 15 is 0 Å². The highest BCUT2D eigenvalue weighted by Crippen LogP contribution is 2.23. The van der Waals surface area contributed by atoms with Gasteiger partial charge in [0.2, 0.25) is 0 Å². The molecule has 2 aromatic rings. The number of anilines is 1. The average molecular weight is 357 g/mol. The summed E-state index contributed by atoms with van der Waals surface area (Å²) in [6.45, 7) is 3.71. The van der Waals surface area contributed by atoms with Gasteiger partial charge in [0.15, 0.2) is 13.2 Å². The van der Waals surface area contributed by atoms with Crippen LogP contribution in [0.25, 0.3) is 0 Å². The molecule has 0 aliphatic rings. The van der Waals surface area contributed by atoms with Crippen LogP contribution < -0.4 is 14.8 Å². The molecule has 0 radical (unpaired) electrons. The third-order valence-corrected chi connectivity index (χ3v) is 3.52. The zero-order valence-electron chi connectivity index (χ0n) is 15.0. The zero-order valence-corrected chi connectivity index (χ0v) is 15.0. The lowest BCUT2D eigenvalue weighted by molar-refractivity contribution is -0.149. The summed E-state index contributed by atoms with van der Waals surface area (Å²) in [5.74, 6) is 0.153. The van der Waals surface area contributed by atoms with E-state index < -0.39 is 18.5 Å². The second-order valence-corrected chi connectivity index (χ2v) is 5.39. The molecule has 6 nitrogen and oxygen atoms in total. The van der Waals surface area contributed by atoms with Crippen LogP contribution in [0.4, 0.5) is 5.69 Å². The summed E-state index contributed by atoms with van der Waals surface area (Å²) in [4.78, 5) is 23.8. The Hall–Kier alpha value is -3.02. The maximum Gasteiger partial charge on any atom is 0.344 e. The van der Waals surface area contributed by atoms with Gasteiger partial charge in [-0.05, 0) is 37.1 Å². The lowest BCUT2D eigenvalue weighted by Gasteiger charge is -2.12. The van der Waals surface area contributed by atoms with Crippen LogP contribution in [-0.2, 0) is 20.7 Å². The SMILES string of the molecule is CCOc1ccccc1NC(=O)COC(=O)COc1ccccc1CC. The van der Waals surface area contributed by atoms with Gasteiger partial charge in [-0.2, -0.15) is 0 Å². The monoisotopic (exact) mass is 357 g/mol. The Labute approximate surface area is 153 Å². The minimum absolute atomic E-state index is 0.250. The molecule has 0 heterocycles. The summed E-state index contributed by atoms with van der Waals surface area (Å²) >= 11 is 0. The Kier molecular flexibility index (Phi) is 7.49. The number of hydrogen-bond donors (Lipinski definition) is 1. The number of para-hydroxylation sites is 3. The van der Waals surface area contributed by atoms with Gasteiger partial charge in [0, 0.05) is 0 Å². The van der Waals surface area contributed by atoms with Crippen molar-refractivity contribution in [2.75, 3.05) is 25.1 Å². The van der Waals surface area contributed by atoms with Crippen molar-refractivity contribution in [3.63, 3.8) is 0 Å². The summed E-state index contributed by atoms with van der Waals surface area (Å²) in [6, 6.07) is 14.5. The van der Waals surface area contributed by atoms with E-state index in [1.807, 2.05) is 38.1 Å². The number of carbonyl (C=O) groups is 2. The van der Waals surface area contributed by atoms with E-state index in [2.05, 4.69) is 5.32 Å². The quantitative estimate of drug-likeness (QED) is 0.698. The van der Waals surface area contributed by atoms with Crippen molar-refractivity contribution in [1.82, 2.24) is 0 Å². The van der Waals surface area contributed by atoms with Crippen molar-refractivity contribution < 1.29 is 23.8 Å². The van der Waals surface area contributed by atoms with Crippen molar-refractivity contribution in [2.45, 2.75) is 20.3 Å². The number of nitrogens with one attached hydrogen (secondary N) is 1. The predicted octanol–water partition coefficient (Wildman–Crippen LogP) is 3.21. The van der Waals surface area contributed by atoms with Crippen molar-refractivity contribution >= 4 is 17.6 Å². The Morgan fingerprint density at radius 3 is 2.31 bits per heavy atom. The number of aryl methyl sites for hydroxylation is 1. The highest BCUT2D eigenvalue weighted by Gasteiger charge is 2.11. The van der Waals surface area contributed by atoms with Crippen LogP contribution in [0.3, 0.4) is 0 Å². The normalized spacial score (nSPS) is 10.1. The van der Waals surface area contributed by atoms with Crippen molar-refractivity contribution in [2.24, 2.45) is 0 Å². The topological polar surface area (TPSA) is 73.9 Å². The van der Waals surface area contributed by atoms with E-state index in [0.717, 1.165) is 12.0 Å². The number of rotatable bonds is 9. The average Bonchev–Trinajstić information content (AvgIpc) is 2.66. The van der Waals surface area contributed by atoms with E-state index in [1.54, 1.807) is 24.3 Å². The standard InChI is InChI=1S/C20H23NO5/c1-3-15-9-5-7-11-17(15)25-14-20(23)26-13-19(22)21-16-10-6-8-12-18(16)24-4-2/h5-12H,3-4,13-14H2,1-2H3,(H,21,22). The second kappa shape index (κ2) is 10.1. The molecule has 1 N–H and O–H groups in total. The largest absolute Gasteiger partial charge is 0.492 e. The summed E-state index contributed by atoms with van der Waals surface area (Å²) in [6.07, 6.45) is 0.798. The fraction of sp³-hybridized carbons (Fsp3) is 0.300. The predicted molar refractivity (Wildman–Crippen MR) is 98.5 cm³/mol. The minimum atomic E-state index is -0.607. The molecule has 26 heavy (non-hydrogen) atoms. The van der Waals surface area contributed by atoms with Crippen LogP contribution in [-0.4, -0.2) is 31.7 Å². The maximum atomic E-state index is 12.0. The van der Waals surface area contributed by atoms with Gasteiger partial charge in [0.05, 0.1) is 12.3 Å². The molecule has 138 valence electrons. The molecule has 2 rings (SSSR count). The van der Waals surface area contributed by atoms with E-state index in [1.165, 1.54) is 0 Å². The fourth-order valence-electron chi connectivity index (χ4n) is 2.30. The molecule has 0 aliphatic carbocycles. The van der Waals surface area contributed by atoms with E-state index in [4.69, 9.17) is 14.2 Å². The van der Waals surface area contributed by atoms with Gasteiger partial charge in [0.1, 0.15) is 11.5 Å². The van der Waals surface area contributed by atoms with E-state index in [9.17, 15) is 9.59 Å². The molecule has 0 spiro atoms. The second-order valence-electron chi connectivity index (χ2n) is 5.39. The van der Waals surface area contributed by atoms with Gasteiger partial charge >= 0.3 is 5.97 Å². The smallest absolute Gasteiger partial charge is 0.344 e. The number of esters is 1. The highest BCUT2D eigenvalue weighted by atomic mass is 16.6. The van der Waals surface area contributed by atoms with Gasteiger partial charge in [0.25, 0.3) is 5.91 Å².